The van der Waals surface area contributed by atoms with Crippen molar-refractivity contribution in [3.63, 3.8) is 0 Å². The second-order valence-corrected chi connectivity index (χ2v) is 15.7. The van der Waals surface area contributed by atoms with Crippen molar-refractivity contribution in [1.29, 1.82) is 0 Å². The molecule has 4 heteroatoms. The molecule has 2 aromatic carbocycles. The molecule has 0 saturated heterocycles. The number of aryl methyl sites for hydroxylation is 2. The molecule has 4 rings (SSSR count). The van der Waals surface area contributed by atoms with Crippen LogP contribution in [0.25, 0.3) is 0 Å². The van der Waals surface area contributed by atoms with Crippen LogP contribution >= 0.6 is 17.0 Å². The second kappa shape index (κ2) is 8.38. The zero-order valence-corrected chi connectivity index (χ0v) is 19.7. The fourth-order valence-electron chi connectivity index (χ4n) is 4.73. The van der Waals surface area contributed by atoms with E-state index in [1.807, 2.05) is 0 Å². The Kier molecular flexibility index (Phi) is 6.69. The number of rotatable bonds is 2. The first-order valence-electron chi connectivity index (χ1n) is 9.11. The van der Waals surface area contributed by atoms with Crippen molar-refractivity contribution < 1.29 is 20.8 Å². The van der Waals surface area contributed by atoms with Gasteiger partial charge in [0.1, 0.15) is 0 Å². The average molecular weight is 457 g/mol. The van der Waals surface area contributed by atoms with Crippen molar-refractivity contribution in [3.8, 4) is 0 Å². The Morgan fingerprint density at radius 1 is 0.792 bits per heavy atom. The van der Waals surface area contributed by atoms with Crippen molar-refractivity contribution in [2.45, 2.75) is 64.5 Å². The van der Waals surface area contributed by atoms with Crippen LogP contribution in [0.1, 0.15) is 47.9 Å². The number of hydrogen-bond donors (Lipinski definition) is 0. The SMILES string of the molecule is C[Si](C)([c-]1ccc2c1CCCC2)[c-]1ccc2c1CCCC2.[Cl][Zr+2][Cl]. The molecule has 0 aliphatic heterocycles. The van der Waals surface area contributed by atoms with E-state index in [0.717, 1.165) is 0 Å². The van der Waals surface area contributed by atoms with Crippen molar-refractivity contribution in [3.05, 3.63) is 46.5 Å². The van der Waals surface area contributed by atoms with E-state index < -0.39 is 28.9 Å². The van der Waals surface area contributed by atoms with Gasteiger partial charge in [-0.1, -0.05) is 64.5 Å². The van der Waals surface area contributed by atoms with Crippen LogP contribution in [-0.2, 0) is 46.5 Å². The molecule has 0 aromatic heterocycles. The fraction of sp³-hybridized carbons (Fsp3) is 0.500. The Morgan fingerprint density at radius 2 is 1.17 bits per heavy atom. The quantitative estimate of drug-likeness (QED) is 0.437. The molecule has 2 aliphatic rings. The third-order valence-electron chi connectivity index (χ3n) is 5.92. The normalized spacial score (nSPS) is 16.5. The molecule has 0 spiro atoms. The van der Waals surface area contributed by atoms with E-state index in [9.17, 15) is 0 Å². The van der Waals surface area contributed by atoms with Gasteiger partial charge in [-0.25, -0.2) is 12.1 Å². The Hall–Kier alpha value is 0.380. The molecule has 0 amide bonds. The van der Waals surface area contributed by atoms with Gasteiger partial charge in [0, 0.05) is 0 Å². The molecule has 24 heavy (non-hydrogen) atoms. The first-order chi connectivity index (χ1) is 11.6. The van der Waals surface area contributed by atoms with Crippen molar-refractivity contribution >= 4 is 35.5 Å². The van der Waals surface area contributed by atoms with Crippen LogP contribution in [0.4, 0.5) is 0 Å². The van der Waals surface area contributed by atoms with Crippen molar-refractivity contribution in [1.82, 2.24) is 0 Å². The van der Waals surface area contributed by atoms with Crippen LogP contribution in [-0.4, -0.2) is 8.07 Å². The van der Waals surface area contributed by atoms with E-state index in [1.165, 1.54) is 51.4 Å². The molecule has 0 radical (unpaired) electrons. The van der Waals surface area contributed by atoms with Gasteiger partial charge in [-0.05, 0) is 8.07 Å². The summed E-state index contributed by atoms with van der Waals surface area (Å²) in [5, 5.41) is 3.49. The van der Waals surface area contributed by atoms with Crippen molar-refractivity contribution in [2.75, 3.05) is 0 Å². The van der Waals surface area contributed by atoms with Gasteiger partial charge in [-0.15, -0.1) is 0 Å². The zero-order valence-electron chi connectivity index (χ0n) is 14.7. The summed E-state index contributed by atoms with van der Waals surface area (Å²) in [6, 6.07) is 9.86. The van der Waals surface area contributed by atoms with Crippen LogP contribution in [0.3, 0.4) is 0 Å². The minimum absolute atomic E-state index is 0.826. The van der Waals surface area contributed by atoms with E-state index in [1.54, 1.807) is 32.6 Å². The summed E-state index contributed by atoms with van der Waals surface area (Å²) in [5.74, 6) is 0. The summed E-state index contributed by atoms with van der Waals surface area (Å²) in [6.45, 7) is 5.17. The summed E-state index contributed by atoms with van der Waals surface area (Å²) in [5.41, 5.74) is 6.81. The molecule has 0 bridgehead atoms. The predicted octanol–water partition coefficient (Wildman–Crippen LogP) is 5.08. The minimum atomic E-state index is -1.51. The van der Waals surface area contributed by atoms with Crippen LogP contribution in [0.15, 0.2) is 24.3 Å². The van der Waals surface area contributed by atoms with Crippen LogP contribution in [0, 0.1) is 0 Å². The Labute approximate surface area is 166 Å². The molecule has 0 saturated carbocycles. The molecule has 2 aliphatic carbocycles. The van der Waals surface area contributed by atoms with Crippen LogP contribution in [0.2, 0.25) is 13.1 Å². The molecule has 0 fully saturated rings. The molecule has 0 nitrogen and oxygen atoms in total. The van der Waals surface area contributed by atoms with Crippen LogP contribution < -0.4 is 10.4 Å². The Morgan fingerprint density at radius 3 is 1.58 bits per heavy atom. The van der Waals surface area contributed by atoms with Gasteiger partial charge >= 0.3 is 37.9 Å². The molecule has 0 atom stereocenters. The van der Waals surface area contributed by atoms with E-state index in [0.29, 0.717) is 0 Å². The Bertz CT molecular complexity index is 628. The summed E-state index contributed by atoms with van der Waals surface area (Å²) in [6.07, 6.45) is 10.9. The molecule has 2 aromatic rings. The molecule has 128 valence electrons. The summed E-state index contributed by atoms with van der Waals surface area (Å²) in [7, 11) is 8.36. The topological polar surface area (TPSA) is 0 Å². The molecule has 0 unspecified atom stereocenters. The maximum absolute atomic E-state index is 4.93. The van der Waals surface area contributed by atoms with Gasteiger partial charge < -0.3 is 0 Å². The van der Waals surface area contributed by atoms with Gasteiger partial charge in [0.15, 0.2) is 0 Å². The fourth-order valence-corrected chi connectivity index (χ4v) is 8.10. The maximum atomic E-state index is 4.93. The molecular formula is C20H26Cl2SiZr. The van der Waals surface area contributed by atoms with Gasteiger partial charge in [0.05, 0.1) is 0 Å². The first kappa shape index (κ1) is 19.2. The van der Waals surface area contributed by atoms with Gasteiger partial charge in [0.2, 0.25) is 0 Å². The average Bonchev–Trinajstić information content (AvgIpc) is 3.20. The Balaban J connectivity index is 0.000000526. The van der Waals surface area contributed by atoms with E-state index in [4.69, 9.17) is 17.0 Å². The first-order valence-corrected chi connectivity index (χ1v) is 18.4. The zero-order chi connectivity index (χ0) is 17.2. The summed E-state index contributed by atoms with van der Waals surface area (Å²) in [4.78, 5) is 0. The third kappa shape index (κ3) is 3.73. The molecule has 0 heterocycles. The third-order valence-corrected chi connectivity index (χ3v) is 9.55. The summed E-state index contributed by atoms with van der Waals surface area (Å²) < 4.78 is 0. The molecular weight excluding hydrogens is 430 g/mol. The van der Waals surface area contributed by atoms with E-state index >= 15 is 0 Å². The summed E-state index contributed by atoms with van der Waals surface area (Å²) >= 11 is -0.826. The standard InChI is InChI=1S/C20H26Si.2ClH.Zr/c1-21(2,19-13-11-15-7-3-5-9-17(15)19)20-14-12-16-8-4-6-10-18(16)20;;;/h11-14H,3-10H2,1-2H3;2*1H;/q-2;;;+4/p-2. The van der Waals surface area contributed by atoms with Gasteiger partial charge in [-0.2, -0.15) is 44.8 Å². The van der Waals surface area contributed by atoms with Crippen molar-refractivity contribution in [2.24, 2.45) is 0 Å². The number of halogens is 2. The van der Waals surface area contributed by atoms with Gasteiger partial charge in [-0.3, -0.25) is 0 Å². The number of fused-ring (bicyclic) bond motifs is 2. The predicted molar refractivity (Wildman–Crippen MR) is 106 cm³/mol. The monoisotopic (exact) mass is 454 g/mol. The molecule has 0 N–H and O–H groups in total. The van der Waals surface area contributed by atoms with Crippen LogP contribution in [0.5, 0.6) is 0 Å². The second-order valence-electron chi connectivity index (χ2n) is 7.61. The van der Waals surface area contributed by atoms with Gasteiger partial charge in [0.25, 0.3) is 0 Å². The van der Waals surface area contributed by atoms with E-state index in [-0.39, 0.29) is 0 Å². The van der Waals surface area contributed by atoms with E-state index in [2.05, 4.69) is 37.4 Å². The number of hydrogen-bond acceptors (Lipinski definition) is 0.